The first-order chi connectivity index (χ1) is 9.49. The van der Waals surface area contributed by atoms with Gasteiger partial charge in [-0.15, -0.1) is 11.3 Å². The van der Waals surface area contributed by atoms with Crippen molar-refractivity contribution in [1.29, 1.82) is 0 Å². The lowest BCUT2D eigenvalue weighted by Gasteiger charge is -2.16. The number of aromatic nitrogens is 2. The van der Waals surface area contributed by atoms with E-state index in [1.807, 2.05) is 24.4 Å². The van der Waals surface area contributed by atoms with E-state index in [4.69, 9.17) is 5.73 Å². The number of thiophene rings is 1. The van der Waals surface area contributed by atoms with E-state index in [1.54, 1.807) is 6.92 Å². The zero-order valence-electron chi connectivity index (χ0n) is 11.4. The first-order valence-electron chi connectivity index (χ1n) is 6.29. The Balaban J connectivity index is 2.33. The van der Waals surface area contributed by atoms with Gasteiger partial charge in [0.1, 0.15) is 4.90 Å². The van der Waals surface area contributed by atoms with E-state index in [1.165, 1.54) is 11.3 Å². The molecule has 2 aromatic heterocycles. The molecule has 0 bridgehead atoms. The van der Waals surface area contributed by atoms with Crippen LogP contribution in [0.4, 0.5) is 0 Å². The van der Waals surface area contributed by atoms with Crippen molar-refractivity contribution in [3.8, 4) is 0 Å². The Bertz CT molecular complexity index is 662. The molecule has 2 heterocycles. The summed E-state index contributed by atoms with van der Waals surface area (Å²) < 4.78 is 27.8. The van der Waals surface area contributed by atoms with Gasteiger partial charge in [-0.2, -0.15) is 5.10 Å². The van der Waals surface area contributed by atoms with Crippen LogP contribution >= 0.6 is 11.3 Å². The third-order valence-corrected chi connectivity index (χ3v) is 5.68. The molecule has 0 spiro atoms. The van der Waals surface area contributed by atoms with Gasteiger partial charge in [0.25, 0.3) is 0 Å². The van der Waals surface area contributed by atoms with E-state index in [0.717, 1.165) is 4.88 Å². The van der Waals surface area contributed by atoms with E-state index in [9.17, 15) is 8.42 Å². The smallest absolute Gasteiger partial charge is 0.244 e. The number of rotatable bonds is 6. The molecule has 0 saturated carbocycles. The molecule has 8 heteroatoms. The summed E-state index contributed by atoms with van der Waals surface area (Å²) in [6.07, 6.45) is 0.675. The van der Waals surface area contributed by atoms with Crippen molar-refractivity contribution in [3.05, 3.63) is 33.8 Å². The molecule has 1 unspecified atom stereocenters. The third-order valence-electron chi connectivity index (χ3n) is 3.02. The highest BCUT2D eigenvalue weighted by atomic mass is 32.2. The van der Waals surface area contributed by atoms with Crippen LogP contribution < -0.4 is 10.5 Å². The summed E-state index contributed by atoms with van der Waals surface area (Å²) in [5.74, 6) is 0. The molecule has 0 aromatic carbocycles. The number of nitrogens with one attached hydrogen (secondary N) is 2. The standard InChI is InChI=1S/C12H18N4O2S2/c1-3-9(11-5-4-6-19-11)16-20(17,18)12-8(2)14-15-10(12)7-13/h4-6,9,16H,3,7,13H2,1-2H3,(H,14,15). The van der Waals surface area contributed by atoms with Crippen LogP contribution in [0.1, 0.15) is 35.7 Å². The molecule has 0 fully saturated rings. The summed E-state index contributed by atoms with van der Waals surface area (Å²) in [5.41, 5.74) is 6.40. The number of nitrogens with two attached hydrogens (primary N) is 1. The minimum atomic E-state index is -3.64. The van der Waals surface area contributed by atoms with Gasteiger partial charge in [0, 0.05) is 11.4 Å². The lowest BCUT2D eigenvalue weighted by molar-refractivity contribution is 0.551. The molecule has 0 aliphatic heterocycles. The Morgan fingerprint density at radius 2 is 2.30 bits per heavy atom. The van der Waals surface area contributed by atoms with Gasteiger partial charge in [0.05, 0.1) is 17.4 Å². The minimum absolute atomic E-state index is 0.0797. The molecule has 0 saturated heterocycles. The van der Waals surface area contributed by atoms with E-state index in [2.05, 4.69) is 14.9 Å². The number of hydrogen-bond donors (Lipinski definition) is 3. The van der Waals surface area contributed by atoms with Crippen molar-refractivity contribution in [1.82, 2.24) is 14.9 Å². The van der Waals surface area contributed by atoms with Crippen LogP contribution in [-0.2, 0) is 16.6 Å². The summed E-state index contributed by atoms with van der Waals surface area (Å²) >= 11 is 1.53. The maximum Gasteiger partial charge on any atom is 0.244 e. The summed E-state index contributed by atoms with van der Waals surface area (Å²) in [6, 6.07) is 3.60. The highest BCUT2D eigenvalue weighted by molar-refractivity contribution is 7.89. The molecule has 0 aliphatic carbocycles. The van der Waals surface area contributed by atoms with Crippen LogP contribution in [0.15, 0.2) is 22.4 Å². The molecule has 0 amide bonds. The van der Waals surface area contributed by atoms with Gasteiger partial charge >= 0.3 is 0 Å². The second-order valence-electron chi connectivity index (χ2n) is 4.43. The predicted octanol–water partition coefficient (Wildman–Crippen LogP) is 1.67. The minimum Gasteiger partial charge on any atom is -0.325 e. The van der Waals surface area contributed by atoms with Crippen molar-refractivity contribution < 1.29 is 8.42 Å². The monoisotopic (exact) mass is 314 g/mol. The Morgan fingerprint density at radius 3 is 2.85 bits per heavy atom. The Labute approximate surface area is 122 Å². The zero-order valence-corrected chi connectivity index (χ0v) is 13.0. The highest BCUT2D eigenvalue weighted by Crippen LogP contribution is 2.25. The maximum absolute atomic E-state index is 12.5. The lowest BCUT2D eigenvalue weighted by Crippen LogP contribution is -2.29. The first kappa shape index (κ1) is 15.2. The fourth-order valence-electron chi connectivity index (χ4n) is 2.04. The van der Waals surface area contributed by atoms with Crippen LogP contribution in [0, 0.1) is 6.92 Å². The van der Waals surface area contributed by atoms with Crippen molar-refractivity contribution in [3.63, 3.8) is 0 Å². The van der Waals surface area contributed by atoms with Crippen molar-refractivity contribution in [2.45, 2.75) is 37.8 Å². The molecule has 0 radical (unpaired) electrons. The van der Waals surface area contributed by atoms with Crippen LogP contribution in [-0.4, -0.2) is 18.6 Å². The van der Waals surface area contributed by atoms with Crippen molar-refractivity contribution in [2.24, 2.45) is 5.73 Å². The Hall–Kier alpha value is -1.22. The van der Waals surface area contributed by atoms with Gasteiger partial charge in [-0.25, -0.2) is 13.1 Å². The number of aryl methyl sites for hydroxylation is 1. The average molecular weight is 314 g/mol. The largest absolute Gasteiger partial charge is 0.325 e. The van der Waals surface area contributed by atoms with E-state index in [-0.39, 0.29) is 17.5 Å². The zero-order chi connectivity index (χ0) is 14.8. The number of sulfonamides is 1. The normalized spacial score (nSPS) is 13.6. The van der Waals surface area contributed by atoms with E-state index in [0.29, 0.717) is 17.8 Å². The maximum atomic E-state index is 12.5. The second-order valence-corrected chi connectivity index (χ2v) is 7.06. The van der Waals surface area contributed by atoms with Gasteiger partial charge < -0.3 is 5.73 Å². The SMILES string of the molecule is CCC(NS(=O)(=O)c1c(CN)n[nH]c1C)c1cccs1. The fourth-order valence-corrected chi connectivity index (χ4v) is 4.65. The van der Waals surface area contributed by atoms with Crippen molar-refractivity contribution in [2.75, 3.05) is 0 Å². The molecule has 110 valence electrons. The summed E-state index contributed by atoms with van der Waals surface area (Å²) in [4.78, 5) is 1.15. The third kappa shape index (κ3) is 2.93. The molecule has 2 aromatic rings. The Kier molecular flexibility index (Phi) is 4.59. The van der Waals surface area contributed by atoms with Gasteiger partial charge in [0.15, 0.2) is 0 Å². The molecular formula is C12H18N4O2S2. The number of nitrogens with zero attached hydrogens (tertiary/aromatic N) is 1. The van der Waals surface area contributed by atoms with E-state index >= 15 is 0 Å². The lowest BCUT2D eigenvalue weighted by atomic mass is 10.2. The molecule has 2 rings (SSSR count). The van der Waals surface area contributed by atoms with Crippen LogP contribution in [0.3, 0.4) is 0 Å². The first-order valence-corrected chi connectivity index (χ1v) is 8.65. The highest BCUT2D eigenvalue weighted by Gasteiger charge is 2.26. The van der Waals surface area contributed by atoms with Crippen molar-refractivity contribution >= 4 is 21.4 Å². The fraction of sp³-hybridized carbons (Fsp3) is 0.417. The summed E-state index contributed by atoms with van der Waals surface area (Å²) in [5, 5.41) is 8.53. The number of hydrogen-bond acceptors (Lipinski definition) is 5. The molecule has 0 aliphatic rings. The molecular weight excluding hydrogens is 296 g/mol. The molecule has 20 heavy (non-hydrogen) atoms. The van der Waals surface area contributed by atoms with E-state index < -0.39 is 10.0 Å². The summed E-state index contributed by atoms with van der Waals surface area (Å²) in [6.45, 7) is 3.70. The molecule has 1 atom stereocenters. The van der Waals surface area contributed by atoms with Crippen LogP contribution in [0.5, 0.6) is 0 Å². The quantitative estimate of drug-likeness (QED) is 0.755. The average Bonchev–Trinajstić information content (AvgIpc) is 3.05. The van der Waals surface area contributed by atoms with Gasteiger partial charge in [-0.3, -0.25) is 5.10 Å². The van der Waals surface area contributed by atoms with Gasteiger partial charge in [-0.05, 0) is 24.8 Å². The topological polar surface area (TPSA) is 101 Å². The molecule has 4 N–H and O–H groups in total. The molecule has 6 nitrogen and oxygen atoms in total. The van der Waals surface area contributed by atoms with Gasteiger partial charge in [-0.1, -0.05) is 13.0 Å². The number of aromatic amines is 1. The van der Waals surface area contributed by atoms with Gasteiger partial charge in [0.2, 0.25) is 10.0 Å². The second kappa shape index (κ2) is 6.04. The van der Waals surface area contributed by atoms with Crippen LogP contribution in [0.25, 0.3) is 0 Å². The van der Waals surface area contributed by atoms with Crippen LogP contribution in [0.2, 0.25) is 0 Å². The summed E-state index contributed by atoms with van der Waals surface area (Å²) in [7, 11) is -3.64. The number of H-pyrrole nitrogens is 1. The Morgan fingerprint density at radius 1 is 1.55 bits per heavy atom. The predicted molar refractivity (Wildman–Crippen MR) is 78.9 cm³/mol.